The molecule has 1 heterocycles. The topological polar surface area (TPSA) is 89.3 Å². The van der Waals surface area contributed by atoms with Crippen molar-refractivity contribution in [3.05, 3.63) is 74.7 Å². The van der Waals surface area contributed by atoms with Gasteiger partial charge in [0.25, 0.3) is 5.56 Å². The number of aliphatic hydroxyl groups is 1. The largest absolute Gasteiger partial charge is 0.390 e. The van der Waals surface area contributed by atoms with Crippen LogP contribution in [-0.2, 0) is 42.8 Å². The van der Waals surface area contributed by atoms with E-state index in [2.05, 4.69) is 12.0 Å². The highest BCUT2D eigenvalue weighted by molar-refractivity contribution is 7.91. The van der Waals surface area contributed by atoms with Gasteiger partial charge in [-0.05, 0) is 60.6 Å². The van der Waals surface area contributed by atoms with Crippen molar-refractivity contribution in [3.8, 4) is 11.1 Å². The number of aliphatic hydroxyl groups excluding tert-OH is 1. The fourth-order valence-electron chi connectivity index (χ4n) is 4.05. The van der Waals surface area contributed by atoms with Gasteiger partial charge in [0.05, 0.1) is 17.1 Å². The number of nitrogens with zero attached hydrogens (tertiary/aromatic N) is 2. The first-order valence-corrected chi connectivity index (χ1v) is 12.4. The number of rotatable bonds is 7. The van der Waals surface area contributed by atoms with Gasteiger partial charge < -0.3 is 5.11 Å². The van der Waals surface area contributed by atoms with Gasteiger partial charge in [-0.1, -0.05) is 50.6 Å². The van der Waals surface area contributed by atoms with Crippen LogP contribution in [-0.4, -0.2) is 23.3 Å². The van der Waals surface area contributed by atoms with Crippen LogP contribution in [0.3, 0.4) is 0 Å². The van der Waals surface area contributed by atoms with E-state index in [1.54, 1.807) is 12.1 Å². The molecular weight excluding hydrogens is 424 g/mol. The number of sulfone groups is 1. The Bertz CT molecular complexity index is 1280. The molecule has 7 heteroatoms. The molecule has 170 valence electrons. The lowest BCUT2D eigenvalue weighted by Crippen LogP contribution is -2.28. The summed E-state index contributed by atoms with van der Waals surface area (Å²) >= 11 is 0. The van der Waals surface area contributed by atoms with E-state index in [4.69, 9.17) is 0 Å². The molecule has 0 fully saturated rings. The van der Waals surface area contributed by atoms with Crippen LogP contribution in [0, 0.1) is 6.92 Å². The van der Waals surface area contributed by atoms with Gasteiger partial charge in [0.1, 0.15) is 10.6 Å². The van der Waals surface area contributed by atoms with Crippen LogP contribution in [0.25, 0.3) is 11.1 Å². The summed E-state index contributed by atoms with van der Waals surface area (Å²) in [4.78, 5) is 13.3. The second kappa shape index (κ2) is 9.38. The second-order valence-corrected chi connectivity index (χ2v) is 9.79. The average molecular weight is 455 g/mol. The smallest absolute Gasteiger partial charge is 0.275 e. The maximum Gasteiger partial charge on any atom is 0.275 e. The van der Waals surface area contributed by atoms with Gasteiger partial charge in [-0.15, -0.1) is 0 Å². The summed E-state index contributed by atoms with van der Waals surface area (Å²) in [6, 6.07) is 10.5. The Labute approximate surface area is 189 Å². The molecule has 0 unspecified atom stereocenters. The van der Waals surface area contributed by atoms with Crippen molar-refractivity contribution < 1.29 is 13.5 Å². The van der Waals surface area contributed by atoms with Crippen LogP contribution in [0.4, 0.5) is 0 Å². The van der Waals surface area contributed by atoms with E-state index in [0.717, 1.165) is 33.4 Å². The highest BCUT2D eigenvalue weighted by atomic mass is 32.2. The Morgan fingerprint density at radius 1 is 0.938 bits per heavy atom. The van der Waals surface area contributed by atoms with Gasteiger partial charge in [-0.25, -0.2) is 13.1 Å². The number of benzene rings is 2. The standard InChI is InChI=1S/C25H30N2O4S/c1-6-17-13-18(7-2)22(19(8-3)14-17)23-24(21(15-28)26-27(5)25(23)29)32(30,31)20-11-9-16(4)10-12-20/h9-14,28H,6-8,15H2,1-5H3. The van der Waals surface area contributed by atoms with Crippen molar-refractivity contribution in [3.63, 3.8) is 0 Å². The quantitative estimate of drug-likeness (QED) is 0.587. The molecule has 0 saturated heterocycles. The molecule has 0 atom stereocenters. The lowest BCUT2D eigenvalue weighted by Gasteiger charge is -2.20. The normalized spacial score (nSPS) is 11.7. The molecule has 0 spiro atoms. The molecule has 0 radical (unpaired) electrons. The van der Waals surface area contributed by atoms with Crippen molar-refractivity contribution >= 4 is 9.84 Å². The van der Waals surface area contributed by atoms with Gasteiger partial charge in [0.15, 0.2) is 0 Å². The lowest BCUT2D eigenvalue weighted by molar-refractivity contribution is 0.269. The van der Waals surface area contributed by atoms with Gasteiger partial charge in [-0.3, -0.25) is 4.79 Å². The van der Waals surface area contributed by atoms with Crippen molar-refractivity contribution in [2.75, 3.05) is 0 Å². The van der Waals surface area contributed by atoms with Crippen molar-refractivity contribution in [1.29, 1.82) is 0 Å². The summed E-state index contributed by atoms with van der Waals surface area (Å²) in [5.41, 5.74) is 4.07. The first-order valence-electron chi connectivity index (χ1n) is 10.9. The molecule has 0 aliphatic rings. The maximum absolute atomic E-state index is 13.8. The van der Waals surface area contributed by atoms with E-state index in [-0.39, 0.29) is 21.0 Å². The number of hydrogen-bond donors (Lipinski definition) is 1. The Balaban J connectivity index is 2.52. The number of aryl methyl sites for hydroxylation is 5. The van der Waals surface area contributed by atoms with E-state index >= 15 is 0 Å². The molecule has 6 nitrogen and oxygen atoms in total. The fraction of sp³-hybridized carbons (Fsp3) is 0.360. The molecule has 0 bridgehead atoms. The van der Waals surface area contributed by atoms with Crippen LogP contribution in [0.2, 0.25) is 0 Å². The molecule has 0 aliphatic heterocycles. The van der Waals surface area contributed by atoms with Crippen LogP contribution in [0.5, 0.6) is 0 Å². The fourth-order valence-corrected chi connectivity index (χ4v) is 5.65. The second-order valence-electron chi connectivity index (χ2n) is 7.90. The van der Waals surface area contributed by atoms with Gasteiger partial charge in [0.2, 0.25) is 9.84 Å². The minimum absolute atomic E-state index is 0.0358. The molecule has 32 heavy (non-hydrogen) atoms. The maximum atomic E-state index is 13.8. The summed E-state index contributed by atoms with van der Waals surface area (Å²) in [5, 5.41) is 14.2. The molecule has 1 aromatic heterocycles. The minimum atomic E-state index is -4.12. The molecular formula is C25H30N2O4S. The third kappa shape index (κ3) is 4.14. The van der Waals surface area contributed by atoms with Crippen LogP contribution < -0.4 is 5.56 Å². The van der Waals surface area contributed by atoms with Crippen molar-refractivity contribution in [1.82, 2.24) is 9.78 Å². The van der Waals surface area contributed by atoms with Crippen molar-refractivity contribution in [2.45, 2.75) is 63.4 Å². The summed E-state index contributed by atoms with van der Waals surface area (Å²) in [6.45, 7) is 7.32. The van der Waals surface area contributed by atoms with Gasteiger partial charge in [-0.2, -0.15) is 5.10 Å². The predicted octanol–water partition coefficient (Wildman–Crippen LogP) is 3.77. The van der Waals surface area contributed by atoms with Gasteiger partial charge in [0, 0.05) is 7.05 Å². The monoisotopic (exact) mass is 454 g/mol. The summed E-state index contributed by atoms with van der Waals surface area (Å²) < 4.78 is 28.7. The Kier molecular flexibility index (Phi) is 7.00. The number of aromatic nitrogens is 2. The zero-order valence-corrected chi connectivity index (χ0v) is 20.1. The summed E-state index contributed by atoms with van der Waals surface area (Å²) in [5.74, 6) is 0. The van der Waals surface area contributed by atoms with E-state index in [0.29, 0.717) is 18.4 Å². The number of hydrogen-bond acceptors (Lipinski definition) is 5. The molecule has 0 amide bonds. The van der Waals surface area contributed by atoms with E-state index in [1.165, 1.54) is 19.2 Å². The molecule has 1 N–H and O–H groups in total. The third-order valence-corrected chi connectivity index (χ3v) is 7.67. The Morgan fingerprint density at radius 3 is 1.97 bits per heavy atom. The Hall–Kier alpha value is -2.77. The summed E-state index contributed by atoms with van der Waals surface area (Å²) in [7, 11) is -2.64. The molecule has 3 aromatic rings. The first-order chi connectivity index (χ1) is 15.2. The minimum Gasteiger partial charge on any atom is -0.390 e. The average Bonchev–Trinajstić information content (AvgIpc) is 2.79. The van der Waals surface area contributed by atoms with Gasteiger partial charge >= 0.3 is 0 Å². The SMILES string of the molecule is CCc1cc(CC)c(-c2c(S(=O)(=O)c3ccc(C)cc3)c(CO)nn(C)c2=O)c(CC)c1. The molecule has 3 rings (SSSR count). The highest BCUT2D eigenvalue weighted by Gasteiger charge is 2.31. The van der Waals surface area contributed by atoms with E-state index in [1.807, 2.05) is 32.9 Å². The lowest BCUT2D eigenvalue weighted by atomic mass is 9.89. The van der Waals surface area contributed by atoms with Crippen LogP contribution >= 0.6 is 0 Å². The zero-order valence-electron chi connectivity index (χ0n) is 19.3. The van der Waals surface area contributed by atoms with Crippen LogP contribution in [0.15, 0.2) is 51.0 Å². The summed E-state index contributed by atoms with van der Waals surface area (Å²) in [6.07, 6.45) is 2.12. The Morgan fingerprint density at radius 2 is 1.50 bits per heavy atom. The van der Waals surface area contributed by atoms with E-state index < -0.39 is 22.0 Å². The molecule has 0 saturated carbocycles. The van der Waals surface area contributed by atoms with E-state index in [9.17, 15) is 18.3 Å². The first kappa shape index (κ1) is 23.9. The third-order valence-electron chi connectivity index (χ3n) is 5.80. The zero-order chi connectivity index (χ0) is 23.6. The van der Waals surface area contributed by atoms with Crippen molar-refractivity contribution in [2.24, 2.45) is 7.05 Å². The molecule has 2 aromatic carbocycles. The predicted molar refractivity (Wildman–Crippen MR) is 126 cm³/mol. The highest BCUT2D eigenvalue weighted by Crippen LogP contribution is 2.36. The molecule has 0 aliphatic carbocycles. The van der Waals surface area contributed by atoms with Crippen LogP contribution in [0.1, 0.15) is 48.7 Å².